The molecule has 1 amide bonds. The van der Waals surface area contributed by atoms with E-state index in [4.69, 9.17) is 10.8 Å². The first-order chi connectivity index (χ1) is 9.02. The number of aliphatic hydroxyl groups excluding tert-OH is 1. The van der Waals surface area contributed by atoms with Gasteiger partial charge in [0.1, 0.15) is 11.7 Å². The van der Waals surface area contributed by atoms with E-state index in [1.807, 2.05) is 0 Å². The molecular weight excluding hydrogens is 270 g/mol. The van der Waals surface area contributed by atoms with Crippen LogP contribution in [0.25, 0.3) is 0 Å². The van der Waals surface area contributed by atoms with E-state index < -0.39 is 24.0 Å². The Morgan fingerprint density at radius 2 is 2.32 bits per heavy atom. The molecule has 1 aromatic heterocycles. The van der Waals surface area contributed by atoms with Crippen LogP contribution in [-0.2, 0) is 11.2 Å². The summed E-state index contributed by atoms with van der Waals surface area (Å²) in [5.74, 6) is -1.56. The first-order valence-corrected chi connectivity index (χ1v) is 6.77. The van der Waals surface area contributed by atoms with E-state index in [2.05, 4.69) is 4.98 Å². The van der Waals surface area contributed by atoms with Gasteiger partial charge in [0.15, 0.2) is 0 Å². The lowest BCUT2D eigenvalue weighted by Gasteiger charge is -2.19. The number of hydrogen-bond acceptors (Lipinski definition) is 6. The van der Waals surface area contributed by atoms with Crippen LogP contribution in [0, 0.1) is 0 Å². The Hall–Kier alpha value is -1.51. The molecule has 104 valence electrons. The quantitative estimate of drug-likeness (QED) is 0.674. The predicted molar refractivity (Wildman–Crippen MR) is 68.0 cm³/mol. The third-order valence-corrected chi connectivity index (χ3v) is 3.86. The second-order valence-electron chi connectivity index (χ2n) is 4.37. The highest BCUT2D eigenvalue weighted by atomic mass is 32.1. The molecule has 1 aliphatic heterocycles. The SMILES string of the molecule is NCCc1nc(C(=O)N2C[C@H](O)C[C@H]2C(=O)O)cs1. The topological polar surface area (TPSA) is 117 Å². The summed E-state index contributed by atoms with van der Waals surface area (Å²) in [4.78, 5) is 28.5. The lowest BCUT2D eigenvalue weighted by atomic mass is 10.2. The fourth-order valence-electron chi connectivity index (χ4n) is 2.07. The smallest absolute Gasteiger partial charge is 0.326 e. The van der Waals surface area contributed by atoms with Crippen molar-refractivity contribution in [3.63, 3.8) is 0 Å². The maximum absolute atomic E-state index is 12.2. The van der Waals surface area contributed by atoms with E-state index in [0.717, 1.165) is 9.91 Å². The Morgan fingerprint density at radius 1 is 1.58 bits per heavy atom. The summed E-state index contributed by atoms with van der Waals surface area (Å²) in [6.07, 6.45) is -0.156. The summed E-state index contributed by atoms with van der Waals surface area (Å²) in [6, 6.07) is -0.984. The summed E-state index contributed by atoms with van der Waals surface area (Å²) < 4.78 is 0. The molecule has 1 aliphatic rings. The van der Waals surface area contributed by atoms with Crippen LogP contribution in [0.3, 0.4) is 0 Å². The third kappa shape index (κ3) is 2.91. The van der Waals surface area contributed by atoms with E-state index in [9.17, 15) is 14.7 Å². The molecule has 0 saturated carbocycles. The zero-order chi connectivity index (χ0) is 14.0. The van der Waals surface area contributed by atoms with Gasteiger partial charge in [0, 0.05) is 24.8 Å². The second kappa shape index (κ2) is 5.64. The van der Waals surface area contributed by atoms with Gasteiger partial charge in [-0.1, -0.05) is 0 Å². The number of aliphatic hydroxyl groups is 1. The Morgan fingerprint density at radius 3 is 2.95 bits per heavy atom. The molecule has 2 rings (SSSR count). The second-order valence-corrected chi connectivity index (χ2v) is 5.31. The summed E-state index contributed by atoms with van der Waals surface area (Å²) >= 11 is 1.32. The van der Waals surface area contributed by atoms with Crippen LogP contribution in [0.5, 0.6) is 0 Å². The van der Waals surface area contributed by atoms with Crippen LogP contribution in [0.2, 0.25) is 0 Å². The number of aliphatic carboxylic acids is 1. The summed E-state index contributed by atoms with van der Waals surface area (Å²) in [5, 5.41) is 20.9. The van der Waals surface area contributed by atoms with Crippen molar-refractivity contribution in [1.29, 1.82) is 0 Å². The highest BCUT2D eigenvalue weighted by Gasteiger charge is 2.39. The standard InChI is InChI=1S/C11H15N3O4S/c12-2-1-9-13-7(5-19-9)10(16)14-4-6(15)3-8(14)11(17)18/h5-6,8,15H,1-4,12H2,(H,17,18)/t6-,8+/m1/s1. The van der Waals surface area contributed by atoms with E-state index in [0.29, 0.717) is 13.0 Å². The minimum atomic E-state index is -1.11. The van der Waals surface area contributed by atoms with E-state index >= 15 is 0 Å². The third-order valence-electron chi connectivity index (χ3n) is 2.95. The van der Waals surface area contributed by atoms with E-state index in [-0.39, 0.29) is 18.7 Å². The molecule has 2 atom stereocenters. The highest BCUT2D eigenvalue weighted by molar-refractivity contribution is 7.09. The maximum atomic E-state index is 12.2. The Balaban J connectivity index is 2.15. The molecule has 0 radical (unpaired) electrons. The van der Waals surface area contributed by atoms with Gasteiger partial charge in [-0.2, -0.15) is 0 Å². The summed E-state index contributed by atoms with van der Waals surface area (Å²) in [5.41, 5.74) is 5.63. The summed E-state index contributed by atoms with van der Waals surface area (Å²) in [7, 11) is 0. The number of amides is 1. The summed E-state index contributed by atoms with van der Waals surface area (Å²) in [6.45, 7) is 0.473. The van der Waals surface area contributed by atoms with Crippen molar-refractivity contribution in [3.8, 4) is 0 Å². The number of carbonyl (C=O) groups is 2. The maximum Gasteiger partial charge on any atom is 0.326 e. The molecule has 0 aromatic carbocycles. The van der Waals surface area contributed by atoms with Crippen LogP contribution in [-0.4, -0.2) is 57.2 Å². The minimum Gasteiger partial charge on any atom is -0.480 e. The van der Waals surface area contributed by atoms with Gasteiger partial charge in [-0.25, -0.2) is 9.78 Å². The molecule has 2 heterocycles. The zero-order valence-corrected chi connectivity index (χ0v) is 11.0. The monoisotopic (exact) mass is 285 g/mol. The van der Waals surface area contributed by atoms with Gasteiger partial charge in [-0.3, -0.25) is 4.79 Å². The fourth-order valence-corrected chi connectivity index (χ4v) is 2.85. The van der Waals surface area contributed by atoms with Crippen molar-refractivity contribution in [1.82, 2.24) is 9.88 Å². The number of carbonyl (C=O) groups excluding carboxylic acids is 1. The normalized spacial score (nSPS) is 22.7. The van der Waals surface area contributed by atoms with Crippen LogP contribution in [0.1, 0.15) is 21.9 Å². The van der Waals surface area contributed by atoms with Gasteiger partial charge < -0.3 is 20.8 Å². The lowest BCUT2D eigenvalue weighted by Crippen LogP contribution is -2.40. The lowest BCUT2D eigenvalue weighted by molar-refractivity contribution is -0.141. The first kappa shape index (κ1) is 13.9. The number of aromatic nitrogens is 1. The molecule has 8 heteroatoms. The zero-order valence-electron chi connectivity index (χ0n) is 10.2. The number of thiazole rings is 1. The largest absolute Gasteiger partial charge is 0.480 e. The Labute approximate surface area is 113 Å². The van der Waals surface area contributed by atoms with Crippen molar-refractivity contribution < 1.29 is 19.8 Å². The molecule has 4 N–H and O–H groups in total. The highest BCUT2D eigenvalue weighted by Crippen LogP contribution is 2.21. The number of hydrogen-bond donors (Lipinski definition) is 3. The van der Waals surface area contributed by atoms with Gasteiger partial charge in [0.25, 0.3) is 5.91 Å². The average molecular weight is 285 g/mol. The van der Waals surface area contributed by atoms with Gasteiger partial charge in [0.2, 0.25) is 0 Å². The molecule has 0 spiro atoms. The number of nitrogens with zero attached hydrogens (tertiary/aromatic N) is 2. The number of rotatable bonds is 4. The molecule has 1 fully saturated rings. The number of likely N-dealkylation sites (tertiary alicyclic amines) is 1. The van der Waals surface area contributed by atoms with Crippen molar-refractivity contribution >= 4 is 23.2 Å². The first-order valence-electron chi connectivity index (χ1n) is 5.89. The average Bonchev–Trinajstić information content (AvgIpc) is 2.95. The van der Waals surface area contributed by atoms with Crippen LogP contribution in [0.4, 0.5) is 0 Å². The molecule has 7 nitrogen and oxygen atoms in total. The Bertz CT molecular complexity index is 490. The number of carboxylic acid groups (broad SMARTS) is 1. The molecule has 1 aromatic rings. The number of β-amino-alcohol motifs (C(OH)–C–C–N with tert-alkyl or cyclic N) is 1. The van der Waals surface area contributed by atoms with Gasteiger partial charge in [0.05, 0.1) is 11.1 Å². The van der Waals surface area contributed by atoms with Crippen molar-refractivity contribution in [2.75, 3.05) is 13.1 Å². The van der Waals surface area contributed by atoms with Crippen molar-refractivity contribution in [3.05, 3.63) is 16.1 Å². The van der Waals surface area contributed by atoms with E-state index in [1.165, 1.54) is 11.3 Å². The van der Waals surface area contributed by atoms with Crippen LogP contribution >= 0.6 is 11.3 Å². The molecule has 19 heavy (non-hydrogen) atoms. The fraction of sp³-hybridized carbons (Fsp3) is 0.545. The van der Waals surface area contributed by atoms with Gasteiger partial charge >= 0.3 is 5.97 Å². The molecule has 0 bridgehead atoms. The van der Waals surface area contributed by atoms with Crippen LogP contribution < -0.4 is 5.73 Å². The molecule has 0 unspecified atom stereocenters. The van der Waals surface area contributed by atoms with Gasteiger partial charge in [-0.15, -0.1) is 11.3 Å². The van der Waals surface area contributed by atoms with Crippen molar-refractivity contribution in [2.24, 2.45) is 5.73 Å². The number of nitrogens with two attached hydrogens (primary N) is 1. The molecular formula is C11H15N3O4S. The predicted octanol–water partition coefficient (Wildman–Crippen LogP) is -0.696. The van der Waals surface area contributed by atoms with Crippen molar-refractivity contribution in [2.45, 2.75) is 25.0 Å². The molecule has 0 aliphatic carbocycles. The van der Waals surface area contributed by atoms with Crippen LogP contribution in [0.15, 0.2) is 5.38 Å². The van der Waals surface area contributed by atoms with E-state index in [1.54, 1.807) is 5.38 Å². The minimum absolute atomic E-state index is 0.0273. The molecule has 1 saturated heterocycles. The number of carboxylic acids is 1. The van der Waals surface area contributed by atoms with Gasteiger partial charge in [-0.05, 0) is 6.54 Å². The Kier molecular flexibility index (Phi) is 4.13.